The predicted molar refractivity (Wildman–Crippen MR) is 75.1 cm³/mol. The number of benzene rings is 1. The Labute approximate surface area is 117 Å². The van der Waals surface area contributed by atoms with Crippen molar-refractivity contribution in [2.45, 2.75) is 6.54 Å². The van der Waals surface area contributed by atoms with Crippen molar-refractivity contribution >= 4 is 39.0 Å². The minimum absolute atomic E-state index is 0.288. The van der Waals surface area contributed by atoms with Gasteiger partial charge >= 0.3 is 0 Å². The van der Waals surface area contributed by atoms with Gasteiger partial charge in [-0.3, -0.25) is 0 Å². The molecule has 3 nitrogen and oxygen atoms in total. The number of anilines is 2. The van der Waals surface area contributed by atoms with E-state index in [1.807, 2.05) is 0 Å². The van der Waals surface area contributed by atoms with Crippen LogP contribution in [-0.4, -0.2) is 4.98 Å². The average molecular weight is 331 g/mol. The predicted octanol–water partition coefficient (Wildman–Crippen LogP) is 3.83. The maximum Gasteiger partial charge on any atom is 0.149 e. The van der Waals surface area contributed by atoms with E-state index in [0.717, 1.165) is 0 Å². The summed E-state index contributed by atoms with van der Waals surface area (Å²) in [5, 5.41) is 3.43. The van der Waals surface area contributed by atoms with Gasteiger partial charge in [0.05, 0.1) is 10.7 Å². The summed E-state index contributed by atoms with van der Waals surface area (Å²) in [6.45, 7) is 0.304. The lowest BCUT2D eigenvalue weighted by Gasteiger charge is -2.09. The van der Waals surface area contributed by atoms with Crippen LogP contribution in [0, 0.1) is 5.82 Å². The van der Waals surface area contributed by atoms with E-state index in [1.54, 1.807) is 18.2 Å². The van der Waals surface area contributed by atoms with E-state index in [9.17, 15) is 4.39 Å². The summed E-state index contributed by atoms with van der Waals surface area (Å²) in [5.41, 5.74) is 6.70. The lowest BCUT2D eigenvalue weighted by Crippen LogP contribution is -2.05. The van der Waals surface area contributed by atoms with Crippen molar-refractivity contribution in [1.29, 1.82) is 0 Å². The van der Waals surface area contributed by atoms with Crippen molar-refractivity contribution in [3.8, 4) is 0 Å². The number of nitrogens with one attached hydrogen (secondary N) is 1. The zero-order valence-electron chi connectivity index (χ0n) is 9.25. The standard InChI is InChI=1S/C12H10BrClFN3/c13-8-2-1-7(10(15)3-8)5-17-12-11(16)4-9(14)6-18-12/h1-4,6H,5,16H2,(H,17,18). The van der Waals surface area contributed by atoms with Crippen LogP contribution in [0.25, 0.3) is 0 Å². The monoisotopic (exact) mass is 329 g/mol. The topological polar surface area (TPSA) is 50.9 Å². The minimum atomic E-state index is -0.288. The van der Waals surface area contributed by atoms with E-state index in [2.05, 4.69) is 26.2 Å². The number of rotatable bonds is 3. The van der Waals surface area contributed by atoms with Gasteiger partial charge in [-0.25, -0.2) is 9.37 Å². The molecule has 2 rings (SSSR count). The van der Waals surface area contributed by atoms with Crippen LogP contribution in [0.3, 0.4) is 0 Å². The number of nitrogen functional groups attached to an aromatic ring is 1. The van der Waals surface area contributed by atoms with Crippen LogP contribution in [-0.2, 0) is 6.54 Å². The van der Waals surface area contributed by atoms with Crippen molar-refractivity contribution < 1.29 is 4.39 Å². The van der Waals surface area contributed by atoms with Gasteiger partial charge in [0.2, 0.25) is 0 Å². The van der Waals surface area contributed by atoms with Gasteiger partial charge in [-0.2, -0.15) is 0 Å². The van der Waals surface area contributed by atoms with Crippen LogP contribution in [0.1, 0.15) is 5.56 Å². The summed E-state index contributed by atoms with van der Waals surface area (Å²) in [7, 11) is 0. The van der Waals surface area contributed by atoms with Gasteiger partial charge in [-0.05, 0) is 18.2 Å². The van der Waals surface area contributed by atoms with E-state index in [0.29, 0.717) is 33.1 Å². The van der Waals surface area contributed by atoms with Crippen molar-refractivity contribution in [3.63, 3.8) is 0 Å². The van der Waals surface area contributed by atoms with Crippen LogP contribution in [0.15, 0.2) is 34.9 Å². The van der Waals surface area contributed by atoms with Crippen molar-refractivity contribution in [2.75, 3.05) is 11.1 Å². The number of aromatic nitrogens is 1. The third kappa shape index (κ3) is 3.11. The smallest absolute Gasteiger partial charge is 0.149 e. The molecule has 0 fully saturated rings. The van der Waals surface area contributed by atoms with Gasteiger partial charge in [-0.1, -0.05) is 33.6 Å². The molecule has 1 aromatic carbocycles. The number of hydrogen-bond acceptors (Lipinski definition) is 3. The summed E-state index contributed by atoms with van der Waals surface area (Å²) >= 11 is 8.95. The molecule has 1 heterocycles. The maximum absolute atomic E-state index is 13.6. The van der Waals surface area contributed by atoms with Gasteiger partial charge in [0.1, 0.15) is 11.6 Å². The molecular formula is C12H10BrClFN3. The lowest BCUT2D eigenvalue weighted by molar-refractivity contribution is 0.612. The summed E-state index contributed by atoms with van der Waals surface area (Å²) in [4.78, 5) is 4.04. The third-order valence-electron chi connectivity index (χ3n) is 2.35. The number of halogens is 3. The van der Waals surface area contributed by atoms with E-state index in [-0.39, 0.29) is 5.82 Å². The van der Waals surface area contributed by atoms with Gasteiger partial charge in [0.25, 0.3) is 0 Å². The zero-order valence-corrected chi connectivity index (χ0v) is 11.6. The molecule has 0 radical (unpaired) electrons. The average Bonchev–Trinajstić information content (AvgIpc) is 2.30. The molecule has 0 atom stereocenters. The Morgan fingerprint density at radius 3 is 2.83 bits per heavy atom. The normalized spacial score (nSPS) is 10.4. The molecule has 0 bridgehead atoms. The number of nitrogens with zero attached hydrogens (tertiary/aromatic N) is 1. The summed E-state index contributed by atoms with van der Waals surface area (Å²) in [6, 6.07) is 6.47. The fourth-order valence-electron chi connectivity index (χ4n) is 1.45. The van der Waals surface area contributed by atoms with Crippen LogP contribution in [0.4, 0.5) is 15.9 Å². The van der Waals surface area contributed by atoms with Crippen molar-refractivity contribution in [3.05, 3.63) is 51.3 Å². The van der Waals surface area contributed by atoms with Crippen LogP contribution >= 0.6 is 27.5 Å². The Morgan fingerprint density at radius 2 is 2.17 bits per heavy atom. The first-order valence-electron chi connectivity index (χ1n) is 5.15. The third-order valence-corrected chi connectivity index (χ3v) is 3.05. The first kappa shape index (κ1) is 13.1. The number of nitrogens with two attached hydrogens (primary N) is 1. The Kier molecular flexibility index (Phi) is 4.04. The SMILES string of the molecule is Nc1cc(Cl)cnc1NCc1ccc(Br)cc1F. The lowest BCUT2D eigenvalue weighted by atomic mass is 10.2. The minimum Gasteiger partial charge on any atom is -0.396 e. The van der Waals surface area contributed by atoms with Gasteiger partial charge in [-0.15, -0.1) is 0 Å². The highest BCUT2D eigenvalue weighted by atomic mass is 79.9. The number of hydrogen-bond donors (Lipinski definition) is 2. The molecule has 2 aromatic rings. The second-order valence-corrected chi connectivity index (χ2v) is 5.03. The zero-order chi connectivity index (χ0) is 13.1. The molecular weight excluding hydrogens is 321 g/mol. The Morgan fingerprint density at radius 1 is 1.39 bits per heavy atom. The molecule has 0 saturated carbocycles. The highest BCUT2D eigenvalue weighted by molar-refractivity contribution is 9.10. The van der Waals surface area contributed by atoms with Gasteiger partial charge in [0.15, 0.2) is 0 Å². The molecule has 0 saturated heterocycles. The summed E-state index contributed by atoms with van der Waals surface area (Å²) in [5.74, 6) is 0.200. The molecule has 0 aliphatic carbocycles. The fourth-order valence-corrected chi connectivity index (χ4v) is 1.95. The molecule has 3 N–H and O–H groups in total. The van der Waals surface area contributed by atoms with Gasteiger partial charge < -0.3 is 11.1 Å². The van der Waals surface area contributed by atoms with E-state index in [4.69, 9.17) is 17.3 Å². The van der Waals surface area contributed by atoms with Crippen molar-refractivity contribution in [1.82, 2.24) is 4.98 Å². The second-order valence-electron chi connectivity index (χ2n) is 3.68. The highest BCUT2D eigenvalue weighted by Gasteiger charge is 2.05. The van der Waals surface area contributed by atoms with Crippen molar-refractivity contribution in [2.24, 2.45) is 0 Å². The molecule has 18 heavy (non-hydrogen) atoms. The molecule has 0 aliphatic heterocycles. The Balaban J connectivity index is 2.11. The largest absolute Gasteiger partial charge is 0.396 e. The first-order chi connectivity index (χ1) is 8.56. The summed E-state index contributed by atoms with van der Waals surface area (Å²) < 4.78 is 14.3. The fraction of sp³-hybridized carbons (Fsp3) is 0.0833. The quantitative estimate of drug-likeness (QED) is 0.899. The Bertz CT molecular complexity index is 526. The van der Waals surface area contributed by atoms with E-state index < -0.39 is 0 Å². The van der Waals surface area contributed by atoms with E-state index in [1.165, 1.54) is 12.3 Å². The van der Waals surface area contributed by atoms with E-state index >= 15 is 0 Å². The molecule has 6 heteroatoms. The second kappa shape index (κ2) is 5.54. The molecule has 0 amide bonds. The molecule has 1 aromatic heterocycles. The number of pyridine rings is 1. The summed E-state index contributed by atoms with van der Waals surface area (Å²) in [6.07, 6.45) is 1.48. The van der Waals surface area contributed by atoms with Crippen LogP contribution < -0.4 is 11.1 Å². The molecule has 94 valence electrons. The highest BCUT2D eigenvalue weighted by Crippen LogP contribution is 2.21. The molecule has 0 unspecified atom stereocenters. The Hall–Kier alpha value is -1.33. The van der Waals surface area contributed by atoms with Gasteiger partial charge in [0, 0.05) is 22.8 Å². The molecule has 0 spiro atoms. The first-order valence-corrected chi connectivity index (χ1v) is 6.32. The van der Waals surface area contributed by atoms with Crippen LogP contribution in [0.2, 0.25) is 5.02 Å². The van der Waals surface area contributed by atoms with Crippen LogP contribution in [0.5, 0.6) is 0 Å². The maximum atomic E-state index is 13.6. The molecule has 0 aliphatic rings.